The molecule has 3 aromatic rings. The van der Waals surface area contributed by atoms with Crippen molar-refractivity contribution in [2.24, 2.45) is 0 Å². The lowest BCUT2D eigenvalue weighted by atomic mass is 10.2. The van der Waals surface area contributed by atoms with E-state index in [1.165, 1.54) is 35.2 Å². The number of thiophene rings is 1. The molecule has 1 aromatic heterocycles. The highest BCUT2D eigenvalue weighted by Crippen LogP contribution is 2.40. The van der Waals surface area contributed by atoms with E-state index in [1.54, 1.807) is 24.3 Å². The first kappa shape index (κ1) is 20.5. The fraction of sp³-hybridized carbons (Fsp3) is 0.0500. The van der Waals surface area contributed by atoms with Crippen molar-refractivity contribution in [2.45, 2.75) is 15.5 Å². The molecule has 1 N–H and O–H groups in total. The van der Waals surface area contributed by atoms with Crippen LogP contribution in [0.2, 0.25) is 10.0 Å². The molecule has 0 saturated carbocycles. The number of sulfone groups is 1. The molecular weight excluding hydrogens is 469 g/mol. The molecule has 1 aliphatic heterocycles. The summed E-state index contributed by atoms with van der Waals surface area (Å²) in [6.45, 7) is 0. The molecule has 29 heavy (non-hydrogen) atoms. The minimum atomic E-state index is -3.71. The second kappa shape index (κ2) is 8.16. The first-order valence-electron chi connectivity index (χ1n) is 8.37. The Morgan fingerprint density at radius 1 is 1.03 bits per heavy atom. The van der Waals surface area contributed by atoms with Crippen molar-refractivity contribution >= 4 is 73.8 Å². The van der Waals surface area contributed by atoms with Crippen LogP contribution < -0.4 is 5.32 Å². The van der Waals surface area contributed by atoms with Gasteiger partial charge in [0.1, 0.15) is 0 Å². The number of amides is 1. The molecular formula is C20H13Cl2NO3S3. The summed E-state index contributed by atoms with van der Waals surface area (Å²) in [6.07, 6.45) is 1.82. The van der Waals surface area contributed by atoms with Gasteiger partial charge in [-0.1, -0.05) is 47.1 Å². The van der Waals surface area contributed by atoms with Gasteiger partial charge in [0, 0.05) is 25.4 Å². The van der Waals surface area contributed by atoms with Gasteiger partial charge in [0.25, 0.3) is 5.91 Å². The van der Waals surface area contributed by atoms with Gasteiger partial charge >= 0.3 is 0 Å². The molecule has 2 heterocycles. The fourth-order valence-electron chi connectivity index (χ4n) is 2.78. The van der Waals surface area contributed by atoms with Gasteiger partial charge < -0.3 is 5.32 Å². The number of thioether (sulfide) groups is 1. The van der Waals surface area contributed by atoms with Crippen molar-refractivity contribution < 1.29 is 13.2 Å². The van der Waals surface area contributed by atoms with Crippen molar-refractivity contribution in [2.75, 3.05) is 5.32 Å². The molecule has 0 saturated heterocycles. The monoisotopic (exact) mass is 481 g/mol. The minimum absolute atomic E-state index is 0.0961. The van der Waals surface area contributed by atoms with Crippen LogP contribution in [0.15, 0.2) is 68.6 Å². The normalized spacial score (nSPS) is 15.2. The quantitative estimate of drug-likeness (QED) is 0.456. The molecule has 4 rings (SSSR count). The summed E-state index contributed by atoms with van der Waals surface area (Å²) < 4.78 is 25.8. The van der Waals surface area contributed by atoms with Crippen molar-refractivity contribution in [3.05, 3.63) is 79.3 Å². The number of anilines is 1. The Balaban J connectivity index is 1.64. The van der Waals surface area contributed by atoms with E-state index in [2.05, 4.69) is 5.32 Å². The second-order valence-electron chi connectivity index (χ2n) is 6.20. The van der Waals surface area contributed by atoms with Gasteiger partial charge in [0.05, 0.1) is 21.2 Å². The maximum atomic E-state index is 12.9. The molecule has 1 amide bonds. The fourth-order valence-corrected chi connectivity index (χ4v) is 6.55. The lowest BCUT2D eigenvalue weighted by Gasteiger charge is -2.19. The summed E-state index contributed by atoms with van der Waals surface area (Å²) in [5, 5.41) is 5.32. The maximum Gasteiger partial charge on any atom is 0.262 e. The SMILES string of the molecule is O=C1Nc2cc(S(=O)(=O)Cc3c(Cl)cccc3Cl)ccc2S/C1=C\c1cccs1. The number of fused-ring (bicyclic) bond motifs is 1. The van der Waals surface area contributed by atoms with Crippen LogP contribution in [0.4, 0.5) is 5.69 Å². The highest BCUT2D eigenvalue weighted by Gasteiger charge is 2.25. The van der Waals surface area contributed by atoms with E-state index >= 15 is 0 Å². The number of nitrogens with one attached hydrogen (secondary N) is 1. The van der Waals surface area contributed by atoms with E-state index in [4.69, 9.17) is 23.2 Å². The predicted octanol–water partition coefficient (Wildman–Crippen LogP) is 6.11. The van der Waals surface area contributed by atoms with Gasteiger partial charge in [-0.15, -0.1) is 11.3 Å². The summed E-state index contributed by atoms with van der Waals surface area (Å²) in [6, 6.07) is 13.4. The highest BCUT2D eigenvalue weighted by atomic mass is 35.5. The van der Waals surface area contributed by atoms with E-state index in [-0.39, 0.29) is 16.6 Å². The molecule has 0 aliphatic carbocycles. The third kappa shape index (κ3) is 4.39. The molecule has 0 spiro atoms. The van der Waals surface area contributed by atoms with Crippen molar-refractivity contribution in [3.8, 4) is 0 Å². The van der Waals surface area contributed by atoms with Crippen LogP contribution in [0, 0.1) is 0 Å². The molecule has 148 valence electrons. The Bertz CT molecular complexity index is 1220. The molecule has 4 nitrogen and oxygen atoms in total. The van der Waals surface area contributed by atoms with Crippen LogP contribution in [0.25, 0.3) is 6.08 Å². The number of carbonyl (C=O) groups excluding carboxylic acids is 1. The predicted molar refractivity (Wildman–Crippen MR) is 121 cm³/mol. The molecule has 0 unspecified atom stereocenters. The summed E-state index contributed by atoms with van der Waals surface area (Å²) >= 11 is 15.1. The van der Waals surface area contributed by atoms with Crippen LogP contribution in [0.1, 0.15) is 10.4 Å². The topological polar surface area (TPSA) is 63.2 Å². The summed E-state index contributed by atoms with van der Waals surface area (Å²) in [4.78, 5) is 14.8. The van der Waals surface area contributed by atoms with E-state index in [9.17, 15) is 13.2 Å². The van der Waals surface area contributed by atoms with Gasteiger partial charge in [-0.2, -0.15) is 0 Å². The second-order valence-corrected chi connectivity index (χ2v) is 11.1. The zero-order valence-corrected chi connectivity index (χ0v) is 18.6. The highest BCUT2D eigenvalue weighted by molar-refractivity contribution is 8.04. The number of halogens is 2. The number of carbonyl (C=O) groups is 1. The lowest BCUT2D eigenvalue weighted by Crippen LogP contribution is -2.18. The molecule has 2 aromatic carbocycles. The van der Waals surface area contributed by atoms with Gasteiger partial charge in [-0.3, -0.25) is 4.79 Å². The molecule has 0 atom stereocenters. The van der Waals surface area contributed by atoms with Gasteiger partial charge in [-0.05, 0) is 47.9 Å². The van der Waals surface area contributed by atoms with Gasteiger partial charge in [-0.25, -0.2) is 8.42 Å². The van der Waals surface area contributed by atoms with Crippen LogP contribution >= 0.6 is 46.3 Å². The zero-order valence-electron chi connectivity index (χ0n) is 14.7. The van der Waals surface area contributed by atoms with Gasteiger partial charge in [0.15, 0.2) is 9.84 Å². The maximum absolute atomic E-state index is 12.9. The Hall–Kier alpha value is -1.77. The Morgan fingerprint density at radius 3 is 2.48 bits per heavy atom. The molecule has 9 heteroatoms. The Morgan fingerprint density at radius 2 is 1.79 bits per heavy atom. The van der Waals surface area contributed by atoms with Gasteiger partial charge in [0.2, 0.25) is 0 Å². The molecule has 0 radical (unpaired) electrons. The standard InChI is InChI=1S/C20H13Cl2NO3S3/c21-15-4-1-5-16(22)14(15)11-29(25,26)13-6-7-18-17(10-13)23-20(24)19(28-18)9-12-3-2-8-27-12/h1-10H,11H2,(H,23,24)/b19-9-. The third-order valence-electron chi connectivity index (χ3n) is 4.21. The Labute approximate surface area is 186 Å². The van der Waals surface area contributed by atoms with Crippen molar-refractivity contribution in [1.29, 1.82) is 0 Å². The first-order valence-corrected chi connectivity index (χ1v) is 12.5. The summed E-state index contributed by atoms with van der Waals surface area (Å²) in [5.41, 5.74) is 0.822. The van der Waals surface area contributed by atoms with Crippen LogP contribution in [-0.4, -0.2) is 14.3 Å². The third-order valence-corrected chi connectivity index (χ3v) is 8.48. The average Bonchev–Trinajstić information content (AvgIpc) is 3.18. The number of hydrogen-bond donors (Lipinski definition) is 1. The zero-order chi connectivity index (χ0) is 20.6. The van der Waals surface area contributed by atoms with E-state index < -0.39 is 9.84 Å². The summed E-state index contributed by atoms with van der Waals surface area (Å²) in [7, 11) is -3.71. The Kier molecular flexibility index (Phi) is 5.77. The van der Waals surface area contributed by atoms with E-state index in [1.807, 2.05) is 23.6 Å². The number of rotatable bonds is 4. The van der Waals surface area contributed by atoms with Crippen molar-refractivity contribution in [1.82, 2.24) is 0 Å². The van der Waals surface area contributed by atoms with E-state index in [0.29, 0.717) is 26.2 Å². The molecule has 0 fully saturated rings. The minimum Gasteiger partial charge on any atom is -0.320 e. The average molecular weight is 482 g/mol. The lowest BCUT2D eigenvalue weighted by molar-refractivity contribution is -0.112. The van der Waals surface area contributed by atoms with Crippen LogP contribution in [-0.2, 0) is 20.4 Å². The summed E-state index contributed by atoms with van der Waals surface area (Å²) in [5.74, 6) is -0.589. The van der Waals surface area contributed by atoms with Crippen LogP contribution in [0.5, 0.6) is 0 Å². The number of benzene rings is 2. The largest absolute Gasteiger partial charge is 0.320 e. The van der Waals surface area contributed by atoms with E-state index in [0.717, 1.165) is 9.77 Å². The molecule has 0 bridgehead atoms. The van der Waals surface area contributed by atoms with Crippen molar-refractivity contribution in [3.63, 3.8) is 0 Å². The van der Waals surface area contributed by atoms with Crippen LogP contribution in [0.3, 0.4) is 0 Å². The number of hydrogen-bond acceptors (Lipinski definition) is 5. The molecule has 1 aliphatic rings. The first-order chi connectivity index (χ1) is 13.8. The smallest absolute Gasteiger partial charge is 0.262 e.